The van der Waals surface area contributed by atoms with Crippen molar-refractivity contribution in [1.82, 2.24) is 0 Å². The van der Waals surface area contributed by atoms with Crippen LogP contribution in [0.1, 0.15) is 446 Å². The number of carbonyl (C=O) groups excluding carboxylic acids is 4. The molecule has 612 valence electrons. The average Bonchev–Trinajstić information content (AvgIpc) is 0.907. The Kier molecular flexibility index (Phi) is 74.1. The molecule has 0 fully saturated rings. The number of hydrogen-bond acceptors (Lipinski definition) is 15. The van der Waals surface area contributed by atoms with E-state index in [1.807, 2.05) is 0 Å². The van der Waals surface area contributed by atoms with Gasteiger partial charge in [-0.2, -0.15) is 0 Å². The van der Waals surface area contributed by atoms with Gasteiger partial charge in [0, 0.05) is 25.7 Å². The first kappa shape index (κ1) is 101. The van der Waals surface area contributed by atoms with E-state index in [0.717, 1.165) is 102 Å². The molecule has 0 aliphatic carbocycles. The summed E-state index contributed by atoms with van der Waals surface area (Å²) in [5.41, 5.74) is 0. The van der Waals surface area contributed by atoms with E-state index in [1.165, 1.54) is 263 Å². The van der Waals surface area contributed by atoms with Crippen molar-refractivity contribution in [3.63, 3.8) is 0 Å². The lowest BCUT2D eigenvalue weighted by atomic mass is 9.99. The van der Waals surface area contributed by atoms with Gasteiger partial charge in [-0.3, -0.25) is 37.3 Å². The first-order valence-corrected chi connectivity index (χ1v) is 46.5. The molecule has 0 aliphatic heterocycles. The van der Waals surface area contributed by atoms with Crippen molar-refractivity contribution >= 4 is 39.5 Å². The highest BCUT2D eigenvalue weighted by atomic mass is 31.2. The van der Waals surface area contributed by atoms with Gasteiger partial charge in [-0.15, -0.1) is 0 Å². The van der Waals surface area contributed by atoms with E-state index in [-0.39, 0.29) is 25.7 Å². The molecule has 3 unspecified atom stereocenters. The van der Waals surface area contributed by atoms with Crippen LogP contribution < -0.4 is 0 Å². The predicted octanol–water partition coefficient (Wildman–Crippen LogP) is 25.5. The van der Waals surface area contributed by atoms with Crippen LogP contribution in [0, 0.1) is 11.8 Å². The summed E-state index contributed by atoms with van der Waals surface area (Å²) in [5, 5.41) is 10.7. The molecule has 0 amide bonds. The maximum Gasteiger partial charge on any atom is 0.472 e. The summed E-state index contributed by atoms with van der Waals surface area (Å²) in [4.78, 5) is 73.1. The summed E-state index contributed by atoms with van der Waals surface area (Å²) in [6.07, 6.45) is 66.6. The van der Waals surface area contributed by atoms with Gasteiger partial charge in [0.05, 0.1) is 26.4 Å². The molecule has 0 rings (SSSR count). The summed E-state index contributed by atoms with van der Waals surface area (Å²) in [7, 11) is -9.92. The number of phosphoric acid groups is 2. The van der Waals surface area contributed by atoms with E-state index in [9.17, 15) is 43.2 Å². The third-order valence-corrected chi connectivity index (χ3v) is 22.0. The SMILES string of the molecule is CCCCCCCCCCCCCCCCCCCCCCC(=O)O[C@H](COC(=O)CCCCCCCCCCCCCCCCC(C)CC)COP(=O)(O)OC[C@@H](O)COP(=O)(O)OC[C@@H](COC(=O)CCCCCCCCCCC(C)C)OC(=O)CCCCCCCCCCCCCCCC. The van der Waals surface area contributed by atoms with E-state index in [0.29, 0.717) is 25.7 Å². The first-order valence-electron chi connectivity index (χ1n) is 43.5. The molecule has 0 aromatic heterocycles. The number of hydrogen-bond donors (Lipinski definition) is 3. The molecule has 3 N–H and O–H groups in total. The summed E-state index contributed by atoms with van der Waals surface area (Å²) < 4.78 is 68.8. The van der Waals surface area contributed by atoms with Gasteiger partial charge in [-0.05, 0) is 37.5 Å². The van der Waals surface area contributed by atoms with Crippen molar-refractivity contribution in [2.45, 2.75) is 464 Å². The van der Waals surface area contributed by atoms with Gasteiger partial charge in [0.15, 0.2) is 12.2 Å². The fraction of sp³-hybridized carbons (Fsp3) is 0.952. The van der Waals surface area contributed by atoms with E-state index >= 15 is 0 Å². The standard InChI is InChI=1S/C84H164O17P2/c1-7-10-12-14-16-18-20-22-24-25-26-27-28-29-35-39-43-51-57-63-69-84(89)100-79(72-94-81(86)66-60-54-48-41-37-34-31-30-32-36-40-47-53-59-65-77(6)9-3)74-98-102(90,91)96-70-78(85)71-97-103(92,93)99-75-80(73-95-82(87)67-61-55-49-45-44-46-52-58-64-76(4)5)101-83(88)68-62-56-50-42-38-33-23-21-19-17-15-13-11-8-2/h76-80,85H,7-75H2,1-6H3,(H,90,91)(H,92,93)/t77?,78-,79-,80-/m1/s1. The molecular weight excluding hydrogens is 1340 g/mol. The second-order valence-corrected chi connectivity index (χ2v) is 33.8. The Morgan fingerprint density at radius 3 is 0.738 bits per heavy atom. The van der Waals surface area contributed by atoms with Crippen LogP contribution in [0.5, 0.6) is 0 Å². The molecule has 0 saturated carbocycles. The highest BCUT2D eigenvalue weighted by Crippen LogP contribution is 2.45. The molecule has 0 heterocycles. The van der Waals surface area contributed by atoms with Crippen molar-refractivity contribution in [3.05, 3.63) is 0 Å². The van der Waals surface area contributed by atoms with Crippen LogP contribution >= 0.6 is 15.6 Å². The second kappa shape index (κ2) is 75.5. The van der Waals surface area contributed by atoms with Gasteiger partial charge >= 0.3 is 39.5 Å². The number of aliphatic hydroxyl groups excluding tert-OH is 1. The number of carbonyl (C=O) groups is 4. The fourth-order valence-corrected chi connectivity index (χ4v) is 14.6. The van der Waals surface area contributed by atoms with Crippen molar-refractivity contribution in [3.8, 4) is 0 Å². The number of esters is 4. The molecule has 103 heavy (non-hydrogen) atoms. The van der Waals surface area contributed by atoms with E-state index in [4.69, 9.17) is 37.0 Å². The van der Waals surface area contributed by atoms with E-state index in [2.05, 4.69) is 41.5 Å². The highest BCUT2D eigenvalue weighted by Gasteiger charge is 2.30. The van der Waals surface area contributed by atoms with Crippen molar-refractivity contribution in [1.29, 1.82) is 0 Å². The van der Waals surface area contributed by atoms with Gasteiger partial charge < -0.3 is 33.8 Å². The molecule has 19 heteroatoms. The Hall–Kier alpha value is -1.94. The molecule has 0 saturated heterocycles. The quantitative estimate of drug-likeness (QED) is 0.0222. The zero-order valence-corrected chi connectivity index (χ0v) is 69.4. The molecular formula is C84H164O17P2. The van der Waals surface area contributed by atoms with Crippen molar-refractivity contribution in [2.75, 3.05) is 39.6 Å². The Balaban J connectivity index is 5.24. The van der Waals surface area contributed by atoms with Gasteiger partial charge in [0.1, 0.15) is 19.3 Å². The van der Waals surface area contributed by atoms with Crippen LogP contribution in [-0.2, 0) is 65.4 Å². The van der Waals surface area contributed by atoms with Crippen LogP contribution in [0.25, 0.3) is 0 Å². The molecule has 0 aliphatic rings. The van der Waals surface area contributed by atoms with Crippen LogP contribution in [0.15, 0.2) is 0 Å². The Bertz CT molecular complexity index is 1980. The topological polar surface area (TPSA) is 237 Å². The fourth-order valence-electron chi connectivity index (χ4n) is 13.0. The van der Waals surface area contributed by atoms with Crippen LogP contribution in [0.4, 0.5) is 0 Å². The van der Waals surface area contributed by atoms with Crippen LogP contribution in [-0.4, -0.2) is 96.7 Å². The van der Waals surface area contributed by atoms with Gasteiger partial charge in [-0.1, -0.05) is 395 Å². The monoisotopic (exact) mass is 1510 g/mol. The van der Waals surface area contributed by atoms with Crippen molar-refractivity contribution in [2.24, 2.45) is 11.8 Å². The summed E-state index contributed by atoms with van der Waals surface area (Å²) >= 11 is 0. The van der Waals surface area contributed by atoms with Crippen LogP contribution in [0.2, 0.25) is 0 Å². The molecule has 17 nitrogen and oxygen atoms in total. The third-order valence-electron chi connectivity index (χ3n) is 20.1. The molecule has 0 bridgehead atoms. The Morgan fingerprint density at radius 1 is 0.282 bits per heavy atom. The number of ether oxygens (including phenoxy) is 4. The number of aliphatic hydroxyl groups is 1. The Labute approximate surface area is 632 Å². The summed E-state index contributed by atoms with van der Waals surface area (Å²) in [6.45, 7) is 9.68. The molecule has 6 atom stereocenters. The highest BCUT2D eigenvalue weighted by molar-refractivity contribution is 7.47. The largest absolute Gasteiger partial charge is 0.472 e. The van der Waals surface area contributed by atoms with Gasteiger partial charge in [0.25, 0.3) is 0 Å². The predicted molar refractivity (Wildman–Crippen MR) is 423 cm³/mol. The lowest BCUT2D eigenvalue weighted by Gasteiger charge is -2.21. The lowest BCUT2D eigenvalue weighted by molar-refractivity contribution is -0.161. The average molecular weight is 1510 g/mol. The minimum Gasteiger partial charge on any atom is -0.462 e. The lowest BCUT2D eigenvalue weighted by Crippen LogP contribution is -2.30. The first-order chi connectivity index (χ1) is 49.9. The zero-order valence-electron chi connectivity index (χ0n) is 67.6. The minimum absolute atomic E-state index is 0.108. The van der Waals surface area contributed by atoms with E-state index < -0.39 is 97.5 Å². The van der Waals surface area contributed by atoms with Crippen molar-refractivity contribution < 1.29 is 80.2 Å². The summed E-state index contributed by atoms with van der Waals surface area (Å²) in [5.74, 6) is -0.528. The zero-order chi connectivity index (χ0) is 75.6. The summed E-state index contributed by atoms with van der Waals surface area (Å²) in [6, 6.07) is 0. The maximum atomic E-state index is 13.1. The molecule has 0 aromatic rings. The van der Waals surface area contributed by atoms with Crippen LogP contribution in [0.3, 0.4) is 0 Å². The molecule has 0 radical (unpaired) electrons. The number of unbranched alkanes of at least 4 members (excludes halogenated alkanes) is 52. The minimum atomic E-state index is -4.96. The smallest absolute Gasteiger partial charge is 0.462 e. The molecule has 0 aromatic carbocycles. The van der Waals surface area contributed by atoms with Gasteiger partial charge in [0.2, 0.25) is 0 Å². The molecule has 0 spiro atoms. The van der Waals surface area contributed by atoms with Gasteiger partial charge in [-0.25, -0.2) is 9.13 Å². The third kappa shape index (κ3) is 76.6. The van der Waals surface area contributed by atoms with E-state index in [1.54, 1.807) is 0 Å². The Morgan fingerprint density at radius 2 is 0.495 bits per heavy atom. The number of phosphoric ester groups is 2. The normalized spacial score (nSPS) is 14.1. The second-order valence-electron chi connectivity index (χ2n) is 30.9. The maximum absolute atomic E-state index is 13.1. The number of rotatable bonds is 83.